The van der Waals surface area contributed by atoms with Gasteiger partial charge in [0.25, 0.3) is 5.91 Å². The van der Waals surface area contributed by atoms with E-state index < -0.39 is 11.7 Å². The van der Waals surface area contributed by atoms with Gasteiger partial charge in [0.05, 0.1) is 31.6 Å². The van der Waals surface area contributed by atoms with Crippen molar-refractivity contribution in [3.05, 3.63) is 53.3 Å². The first-order valence-corrected chi connectivity index (χ1v) is 10.4. The fourth-order valence-electron chi connectivity index (χ4n) is 3.29. The molecule has 1 aliphatic heterocycles. The molecule has 0 bridgehead atoms. The fraction of sp³-hybridized carbons (Fsp3) is 0.391. The largest absolute Gasteiger partial charge is 0.493 e. The molecule has 166 valence electrons. The van der Waals surface area contributed by atoms with Gasteiger partial charge in [0.2, 0.25) is 0 Å². The van der Waals surface area contributed by atoms with E-state index in [-0.39, 0.29) is 5.56 Å². The van der Waals surface area contributed by atoms with Gasteiger partial charge in [-0.25, -0.2) is 9.40 Å². The number of nitrogens with two attached hydrogens (primary N) is 1. The summed E-state index contributed by atoms with van der Waals surface area (Å²) in [5, 5.41) is 5.82. The minimum atomic E-state index is -0.638. The van der Waals surface area contributed by atoms with Crippen molar-refractivity contribution in [2.24, 2.45) is 10.8 Å². The second-order valence-electron chi connectivity index (χ2n) is 7.01. The Balaban J connectivity index is 1.80. The highest BCUT2D eigenvalue weighted by Crippen LogP contribution is 2.30. The van der Waals surface area contributed by atoms with Crippen LogP contribution in [0.15, 0.2) is 41.5 Å². The molecular weight excluding hydrogens is 401 g/mol. The number of methoxy groups -OCH3 is 1. The maximum atomic E-state index is 14.6. The number of hydrazone groups is 1. The average molecular weight is 429 g/mol. The Morgan fingerprint density at radius 3 is 2.74 bits per heavy atom. The zero-order valence-electron chi connectivity index (χ0n) is 17.9. The molecule has 0 fully saturated rings. The molecule has 0 saturated heterocycles. The predicted octanol–water partition coefficient (Wildman–Crippen LogP) is 3.60. The Morgan fingerprint density at radius 2 is 2.03 bits per heavy atom. The van der Waals surface area contributed by atoms with Gasteiger partial charge in [0.15, 0.2) is 11.5 Å². The third kappa shape index (κ3) is 5.52. The van der Waals surface area contributed by atoms with Crippen LogP contribution < -0.4 is 19.9 Å². The van der Waals surface area contributed by atoms with Gasteiger partial charge < -0.3 is 19.9 Å². The lowest BCUT2D eigenvalue weighted by atomic mass is 10.0. The van der Waals surface area contributed by atoms with Crippen LogP contribution in [0, 0.1) is 5.82 Å². The molecule has 1 aliphatic rings. The molecule has 7 nitrogen and oxygen atoms in total. The summed E-state index contributed by atoms with van der Waals surface area (Å²) in [7, 11) is 1.58. The third-order valence-electron chi connectivity index (χ3n) is 4.84. The van der Waals surface area contributed by atoms with Crippen molar-refractivity contribution in [2.75, 3.05) is 33.4 Å². The van der Waals surface area contributed by atoms with Crippen LogP contribution in [-0.2, 0) is 0 Å². The first-order chi connectivity index (χ1) is 15.1. The van der Waals surface area contributed by atoms with Gasteiger partial charge in [0.1, 0.15) is 11.6 Å². The molecule has 2 N–H and O–H groups in total. The molecule has 31 heavy (non-hydrogen) atoms. The summed E-state index contributed by atoms with van der Waals surface area (Å²) in [6.45, 7) is 3.71. The van der Waals surface area contributed by atoms with E-state index in [0.29, 0.717) is 56.4 Å². The molecule has 3 rings (SSSR count). The molecule has 0 radical (unpaired) electrons. The summed E-state index contributed by atoms with van der Waals surface area (Å²) < 4.78 is 31.0. The van der Waals surface area contributed by atoms with E-state index in [1.54, 1.807) is 13.2 Å². The van der Waals surface area contributed by atoms with Crippen molar-refractivity contribution in [1.29, 1.82) is 0 Å². The first-order valence-electron chi connectivity index (χ1n) is 10.4. The maximum Gasteiger partial charge on any atom is 0.276 e. The fourth-order valence-corrected chi connectivity index (χ4v) is 3.29. The van der Waals surface area contributed by atoms with Gasteiger partial charge in [-0.3, -0.25) is 4.79 Å². The molecule has 0 aromatic heterocycles. The van der Waals surface area contributed by atoms with Gasteiger partial charge in [-0.1, -0.05) is 0 Å². The molecule has 0 atom stereocenters. The van der Waals surface area contributed by atoms with Gasteiger partial charge >= 0.3 is 0 Å². The minimum Gasteiger partial charge on any atom is -0.493 e. The molecule has 0 saturated carbocycles. The quantitative estimate of drug-likeness (QED) is 0.616. The lowest BCUT2D eigenvalue weighted by Gasteiger charge is -2.24. The standard InChI is InChI=1S/C23H28FN3O4/c1-3-30-22-14-16(7-10-21(22)29-2)20-6-4-12-27(26-20)23(28)18-9-8-17(15-19(18)24)31-13-5-11-25/h7-10,14-15H,3-6,11-13,25H2,1-2H3. The van der Waals surface area contributed by atoms with Crippen molar-refractivity contribution >= 4 is 11.6 Å². The molecule has 1 amide bonds. The van der Waals surface area contributed by atoms with Crippen LogP contribution in [0.25, 0.3) is 0 Å². The Morgan fingerprint density at radius 1 is 1.19 bits per heavy atom. The zero-order valence-corrected chi connectivity index (χ0v) is 17.9. The van der Waals surface area contributed by atoms with Gasteiger partial charge in [-0.05, 0) is 63.1 Å². The van der Waals surface area contributed by atoms with Crippen molar-refractivity contribution in [1.82, 2.24) is 5.01 Å². The average Bonchev–Trinajstić information content (AvgIpc) is 2.79. The summed E-state index contributed by atoms with van der Waals surface area (Å²) in [4.78, 5) is 12.9. The highest BCUT2D eigenvalue weighted by molar-refractivity contribution is 6.03. The van der Waals surface area contributed by atoms with Gasteiger partial charge in [-0.2, -0.15) is 5.10 Å². The van der Waals surface area contributed by atoms with Gasteiger partial charge in [-0.15, -0.1) is 0 Å². The minimum absolute atomic E-state index is 0.0408. The van der Waals surface area contributed by atoms with E-state index in [2.05, 4.69) is 5.10 Å². The topological polar surface area (TPSA) is 86.4 Å². The number of hydrogen-bond acceptors (Lipinski definition) is 6. The highest BCUT2D eigenvalue weighted by Gasteiger charge is 2.24. The number of halogens is 1. The van der Waals surface area contributed by atoms with E-state index in [0.717, 1.165) is 17.7 Å². The number of ether oxygens (including phenoxy) is 3. The number of hydrogen-bond donors (Lipinski definition) is 1. The molecule has 0 spiro atoms. The molecule has 0 aliphatic carbocycles. The van der Waals surface area contributed by atoms with Crippen LogP contribution in [-0.4, -0.2) is 50.0 Å². The summed E-state index contributed by atoms with van der Waals surface area (Å²) >= 11 is 0. The Hall–Kier alpha value is -3.13. The third-order valence-corrected chi connectivity index (χ3v) is 4.84. The normalized spacial score (nSPS) is 13.5. The van der Waals surface area contributed by atoms with E-state index >= 15 is 0 Å². The van der Waals surface area contributed by atoms with Crippen LogP contribution in [0.5, 0.6) is 17.2 Å². The van der Waals surface area contributed by atoms with Crippen molar-refractivity contribution in [3.63, 3.8) is 0 Å². The summed E-state index contributed by atoms with van der Waals surface area (Å²) in [5.41, 5.74) is 6.97. The van der Waals surface area contributed by atoms with Crippen LogP contribution in [0.4, 0.5) is 4.39 Å². The number of rotatable bonds is 9. The summed E-state index contributed by atoms with van der Waals surface area (Å²) in [6, 6.07) is 9.77. The number of carbonyl (C=O) groups excluding carboxylic acids is 1. The molecule has 1 heterocycles. The van der Waals surface area contributed by atoms with Crippen LogP contribution in [0.1, 0.15) is 42.1 Å². The number of benzene rings is 2. The van der Waals surface area contributed by atoms with E-state index in [1.165, 1.54) is 17.1 Å². The maximum absolute atomic E-state index is 14.6. The number of carbonyl (C=O) groups is 1. The molecule has 0 unspecified atom stereocenters. The monoisotopic (exact) mass is 429 g/mol. The van der Waals surface area contributed by atoms with E-state index in [9.17, 15) is 9.18 Å². The van der Waals surface area contributed by atoms with Crippen molar-refractivity contribution in [2.45, 2.75) is 26.2 Å². The zero-order chi connectivity index (χ0) is 22.2. The predicted molar refractivity (Wildman–Crippen MR) is 117 cm³/mol. The van der Waals surface area contributed by atoms with Gasteiger partial charge in [0, 0.05) is 18.2 Å². The second-order valence-corrected chi connectivity index (χ2v) is 7.01. The molecule has 2 aromatic rings. The highest BCUT2D eigenvalue weighted by atomic mass is 19.1. The Kier molecular flexibility index (Phi) is 7.83. The smallest absolute Gasteiger partial charge is 0.276 e. The number of amides is 1. The molecule has 2 aromatic carbocycles. The lowest BCUT2D eigenvalue weighted by Crippen LogP contribution is -2.32. The van der Waals surface area contributed by atoms with E-state index in [4.69, 9.17) is 19.9 Å². The molecular formula is C23H28FN3O4. The summed E-state index contributed by atoms with van der Waals surface area (Å²) in [6.07, 6.45) is 2.10. The lowest BCUT2D eigenvalue weighted by molar-refractivity contribution is 0.0747. The van der Waals surface area contributed by atoms with Crippen molar-refractivity contribution in [3.8, 4) is 17.2 Å². The number of nitrogens with zero attached hydrogens (tertiary/aromatic N) is 2. The van der Waals surface area contributed by atoms with Crippen LogP contribution in [0.3, 0.4) is 0 Å². The SMILES string of the molecule is CCOc1cc(C2=NN(C(=O)c3ccc(OCCCN)cc3F)CCC2)ccc1OC. The Bertz CT molecular complexity index is 948. The van der Waals surface area contributed by atoms with Crippen LogP contribution >= 0.6 is 0 Å². The second kappa shape index (κ2) is 10.8. The van der Waals surface area contributed by atoms with E-state index in [1.807, 2.05) is 25.1 Å². The molecule has 8 heteroatoms. The first kappa shape index (κ1) is 22.6. The van der Waals surface area contributed by atoms with Crippen molar-refractivity contribution < 1.29 is 23.4 Å². The Labute approximate surface area is 181 Å². The summed E-state index contributed by atoms with van der Waals surface area (Å²) in [5.74, 6) is 0.491. The van der Waals surface area contributed by atoms with Crippen LogP contribution in [0.2, 0.25) is 0 Å².